The number of esters is 1. The first kappa shape index (κ1) is 30.7. The standard InChI is InChI=1S/C39H54O4/c1-9-10-26-11-13-31(32(23-26)42-8)43-35(41)39-20-15-27(24(2)3)34(39)29-12-14-33-36(5)18-17-30(40)25(4)28(36)16-19-38(33,7)37(29,6)21-22-39/h9,11,13,23,25,27-29,33-34H,1-2,10,12,14-22H2,3-8H3/t25-,27+,28+,29?,33?,34?,36+,37-,38-,39+/m1/s1. The summed E-state index contributed by atoms with van der Waals surface area (Å²) in [5, 5.41) is 0. The number of fused-ring (bicyclic) bond motifs is 7. The molecule has 10 atom stereocenters. The summed E-state index contributed by atoms with van der Waals surface area (Å²) < 4.78 is 12.0. The van der Waals surface area contributed by atoms with E-state index in [2.05, 4.69) is 47.8 Å². The highest BCUT2D eigenvalue weighted by molar-refractivity contribution is 5.82. The molecule has 6 rings (SSSR count). The molecule has 5 aliphatic carbocycles. The molecule has 0 amide bonds. The van der Waals surface area contributed by atoms with Gasteiger partial charge in [-0.2, -0.15) is 0 Å². The van der Waals surface area contributed by atoms with Crippen molar-refractivity contribution in [3.05, 3.63) is 48.6 Å². The van der Waals surface area contributed by atoms with Gasteiger partial charge in [-0.15, -0.1) is 6.58 Å². The summed E-state index contributed by atoms with van der Waals surface area (Å²) in [7, 11) is 1.64. The fraction of sp³-hybridized carbons (Fsp3) is 0.692. The topological polar surface area (TPSA) is 52.6 Å². The fourth-order valence-corrected chi connectivity index (χ4v) is 12.2. The largest absolute Gasteiger partial charge is 0.493 e. The lowest BCUT2D eigenvalue weighted by atomic mass is 9.33. The molecule has 4 heteroatoms. The molecular formula is C39H54O4. The first-order chi connectivity index (χ1) is 20.4. The van der Waals surface area contributed by atoms with Crippen molar-refractivity contribution in [1.29, 1.82) is 0 Å². The second kappa shape index (κ2) is 10.6. The zero-order valence-corrected chi connectivity index (χ0v) is 27.6. The Bertz CT molecular complexity index is 1330. The van der Waals surface area contributed by atoms with E-state index >= 15 is 0 Å². The van der Waals surface area contributed by atoms with Crippen LogP contribution in [0.3, 0.4) is 0 Å². The zero-order chi connectivity index (χ0) is 30.9. The van der Waals surface area contributed by atoms with Crippen LogP contribution in [0.4, 0.5) is 0 Å². The number of benzene rings is 1. The molecule has 0 radical (unpaired) electrons. The van der Waals surface area contributed by atoms with Crippen molar-refractivity contribution in [2.75, 3.05) is 7.11 Å². The number of hydrogen-bond donors (Lipinski definition) is 0. The van der Waals surface area contributed by atoms with E-state index in [1.54, 1.807) is 7.11 Å². The van der Waals surface area contributed by atoms with Crippen LogP contribution in [0.15, 0.2) is 43.0 Å². The minimum atomic E-state index is -0.491. The van der Waals surface area contributed by atoms with Gasteiger partial charge in [-0.05, 0) is 135 Å². The first-order valence-electron chi connectivity index (χ1n) is 17.0. The van der Waals surface area contributed by atoms with Crippen molar-refractivity contribution in [1.82, 2.24) is 0 Å². The molecular weight excluding hydrogens is 532 g/mol. The molecule has 0 spiro atoms. The van der Waals surface area contributed by atoms with Gasteiger partial charge in [0.1, 0.15) is 5.78 Å². The summed E-state index contributed by atoms with van der Waals surface area (Å²) in [5.74, 6) is 3.90. The minimum absolute atomic E-state index is 0.0689. The maximum atomic E-state index is 14.5. The lowest BCUT2D eigenvalue weighted by Crippen LogP contribution is -2.66. The summed E-state index contributed by atoms with van der Waals surface area (Å²) in [6.07, 6.45) is 12.9. The van der Waals surface area contributed by atoms with Gasteiger partial charge in [0.25, 0.3) is 0 Å². The maximum Gasteiger partial charge on any atom is 0.317 e. The molecule has 5 fully saturated rings. The summed E-state index contributed by atoms with van der Waals surface area (Å²) in [6.45, 7) is 20.5. The summed E-state index contributed by atoms with van der Waals surface area (Å²) in [4.78, 5) is 27.3. The van der Waals surface area contributed by atoms with Crippen molar-refractivity contribution in [2.24, 2.45) is 57.2 Å². The van der Waals surface area contributed by atoms with Crippen LogP contribution in [-0.2, 0) is 16.0 Å². The first-order valence-corrected chi connectivity index (χ1v) is 17.0. The van der Waals surface area contributed by atoms with Gasteiger partial charge in [0, 0.05) is 12.3 Å². The fourth-order valence-electron chi connectivity index (χ4n) is 12.2. The van der Waals surface area contributed by atoms with Gasteiger partial charge in [-0.1, -0.05) is 52.0 Å². The van der Waals surface area contributed by atoms with Crippen molar-refractivity contribution in [3.8, 4) is 11.5 Å². The van der Waals surface area contributed by atoms with Gasteiger partial charge >= 0.3 is 5.97 Å². The Morgan fingerprint density at radius 1 is 0.977 bits per heavy atom. The highest BCUT2D eigenvalue weighted by Gasteiger charge is 2.71. The van der Waals surface area contributed by atoms with Crippen molar-refractivity contribution in [3.63, 3.8) is 0 Å². The van der Waals surface area contributed by atoms with E-state index in [9.17, 15) is 9.59 Å². The van der Waals surface area contributed by atoms with Gasteiger partial charge in [0.15, 0.2) is 11.5 Å². The van der Waals surface area contributed by atoms with Crippen LogP contribution in [0.5, 0.6) is 11.5 Å². The average molecular weight is 587 g/mol. The number of hydrogen-bond acceptors (Lipinski definition) is 4. The molecule has 1 aromatic rings. The summed E-state index contributed by atoms with van der Waals surface area (Å²) >= 11 is 0. The van der Waals surface area contributed by atoms with Crippen LogP contribution in [0.2, 0.25) is 0 Å². The molecule has 1 aromatic carbocycles. The number of rotatable bonds is 6. The number of carbonyl (C=O) groups is 2. The SMILES string of the molecule is C=CCc1ccc(OC(=O)[C@]23CC[C@@H](C(=C)C)C2C2CCC4[C@@]5(C)CCC(=O)[C@H](C)[C@@H]5CC[C@@]4(C)[C@]2(C)CC3)c(OC)c1. The molecule has 0 N–H and O–H groups in total. The van der Waals surface area contributed by atoms with Crippen molar-refractivity contribution < 1.29 is 19.1 Å². The smallest absolute Gasteiger partial charge is 0.317 e. The van der Waals surface area contributed by atoms with Crippen molar-refractivity contribution in [2.45, 2.75) is 105 Å². The number of methoxy groups -OCH3 is 1. The second-order valence-corrected chi connectivity index (χ2v) is 16.0. The number of allylic oxidation sites excluding steroid dienone is 2. The van der Waals surface area contributed by atoms with E-state index in [1.807, 2.05) is 24.3 Å². The normalized spacial score (nSPS) is 43.4. The Morgan fingerprint density at radius 2 is 1.74 bits per heavy atom. The average Bonchev–Trinajstić information content (AvgIpc) is 3.38. The number of ketones is 1. The summed E-state index contributed by atoms with van der Waals surface area (Å²) in [5.41, 5.74) is 2.38. The van der Waals surface area contributed by atoms with Crippen LogP contribution < -0.4 is 9.47 Å². The number of ether oxygens (including phenoxy) is 2. The van der Waals surface area contributed by atoms with Gasteiger partial charge in [0.05, 0.1) is 12.5 Å². The highest BCUT2D eigenvalue weighted by Crippen LogP contribution is 2.76. The van der Waals surface area contributed by atoms with E-state index in [-0.39, 0.29) is 34.1 Å². The molecule has 5 saturated carbocycles. The van der Waals surface area contributed by atoms with Crippen molar-refractivity contribution >= 4 is 11.8 Å². The number of Topliss-reactive ketones (excluding diaryl/α,β-unsaturated/α-hetero) is 1. The predicted molar refractivity (Wildman–Crippen MR) is 172 cm³/mol. The second-order valence-electron chi connectivity index (χ2n) is 16.0. The minimum Gasteiger partial charge on any atom is -0.493 e. The lowest BCUT2D eigenvalue weighted by molar-refractivity contribution is -0.228. The lowest BCUT2D eigenvalue weighted by Gasteiger charge is -2.71. The van der Waals surface area contributed by atoms with E-state index in [4.69, 9.17) is 9.47 Å². The van der Waals surface area contributed by atoms with Gasteiger partial charge in [0.2, 0.25) is 0 Å². The molecule has 0 bridgehead atoms. The van der Waals surface area contributed by atoms with Crippen LogP contribution in [0.25, 0.3) is 0 Å². The molecule has 0 aromatic heterocycles. The molecule has 43 heavy (non-hydrogen) atoms. The quantitative estimate of drug-likeness (QED) is 0.189. The van der Waals surface area contributed by atoms with E-state index < -0.39 is 5.41 Å². The molecule has 234 valence electrons. The molecule has 3 unspecified atom stereocenters. The Morgan fingerprint density at radius 3 is 2.44 bits per heavy atom. The Balaban J connectivity index is 1.35. The molecule has 4 nitrogen and oxygen atoms in total. The van der Waals surface area contributed by atoms with Gasteiger partial charge in [-0.3, -0.25) is 9.59 Å². The predicted octanol–water partition coefficient (Wildman–Crippen LogP) is 9.17. The van der Waals surface area contributed by atoms with Crippen LogP contribution >= 0.6 is 0 Å². The molecule has 5 aliphatic rings. The molecule has 0 saturated heterocycles. The highest BCUT2D eigenvalue weighted by atomic mass is 16.6. The molecule has 0 heterocycles. The van der Waals surface area contributed by atoms with Gasteiger partial charge < -0.3 is 9.47 Å². The zero-order valence-electron chi connectivity index (χ0n) is 27.6. The third-order valence-corrected chi connectivity index (χ3v) is 14.6. The van der Waals surface area contributed by atoms with E-state index in [0.717, 1.165) is 63.4 Å². The number of carbonyl (C=O) groups excluding carboxylic acids is 2. The Kier molecular flexibility index (Phi) is 7.57. The third kappa shape index (κ3) is 4.27. The van der Waals surface area contributed by atoms with Crippen LogP contribution in [0.1, 0.15) is 104 Å². The van der Waals surface area contributed by atoms with E-state index in [1.165, 1.54) is 18.4 Å². The van der Waals surface area contributed by atoms with Crippen LogP contribution in [0, 0.1) is 57.2 Å². The monoisotopic (exact) mass is 586 g/mol. The van der Waals surface area contributed by atoms with E-state index in [0.29, 0.717) is 41.0 Å². The summed E-state index contributed by atoms with van der Waals surface area (Å²) in [6, 6.07) is 5.85. The Hall–Kier alpha value is -2.36. The Labute approximate surface area is 260 Å². The van der Waals surface area contributed by atoms with Gasteiger partial charge in [-0.25, -0.2) is 0 Å². The third-order valence-electron chi connectivity index (χ3n) is 14.6. The molecule has 0 aliphatic heterocycles. The van der Waals surface area contributed by atoms with Crippen LogP contribution in [-0.4, -0.2) is 18.9 Å². The maximum absolute atomic E-state index is 14.5.